The quantitative estimate of drug-likeness (QED) is 0.264. The second-order valence-electron chi connectivity index (χ2n) is 9.63. The summed E-state index contributed by atoms with van der Waals surface area (Å²) in [6, 6.07) is 19.1. The predicted molar refractivity (Wildman–Crippen MR) is 171 cm³/mol. The number of benzene rings is 3. The Morgan fingerprint density at radius 2 is 1.71 bits per heavy atom. The van der Waals surface area contributed by atoms with Crippen LogP contribution in [0.25, 0.3) is 10.2 Å². The first-order valence-corrected chi connectivity index (χ1v) is 15.9. The zero-order chi connectivity index (χ0) is 28.3. The number of thiazole rings is 1. The van der Waals surface area contributed by atoms with Crippen molar-refractivity contribution in [2.24, 2.45) is 0 Å². The summed E-state index contributed by atoms with van der Waals surface area (Å²) in [4.78, 5) is 22.3. The lowest BCUT2D eigenvalue weighted by atomic mass is 10.2. The van der Waals surface area contributed by atoms with Crippen LogP contribution >= 0.6 is 35.3 Å². The van der Waals surface area contributed by atoms with Gasteiger partial charge in [-0.3, -0.25) is 14.0 Å². The van der Waals surface area contributed by atoms with E-state index in [1.807, 2.05) is 25.1 Å². The number of carbonyl (C=O) groups excluding carboxylic acids is 1. The fourth-order valence-electron chi connectivity index (χ4n) is 4.81. The highest BCUT2D eigenvalue weighted by molar-refractivity contribution is 7.92. The second-order valence-corrected chi connectivity index (χ2v) is 12.9. The summed E-state index contributed by atoms with van der Waals surface area (Å²) in [6.07, 6.45) is 0. The first-order chi connectivity index (χ1) is 19.3. The SMILES string of the molecule is CCN(c1ccccc1)S(=O)(=O)c1ccc(C(=O)NCCN2CCN(c3nc4c(C)c(Cl)ccc4s3)CC2)cc1.Cl. The normalized spacial score (nSPS) is 14.1. The first kappa shape index (κ1) is 31.1. The molecule has 0 atom stereocenters. The van der Waals surface area contributed by atoms with Crippen molar-refractivity contribution in [1.82, 2.24) is 15.2 Å². The van der Waals surface area contributed by atoms with Crippen LogP contribution in [0.4, 0.5) is 10.8 Å². The van der Waals surface area contributed by atoms with Crippen molar-refractivity contribution < 1.29 is 13.2 Å². The van der Waals surface area contributed by atoms with Gasteiger partial charge in [0.1, 0.15) is 0 Å². The minimum absolute atomic E-state index is 0. The number of fused-ring (bicyclic) bond motifs is 1. The van der Waals surface area contributed by atoms with E-state index in [1.54, 1.807) is 54.7 Å². The molecular weight excluding hydrogens is 601 g/mol. The maximum atomic E-state index is 13.2. The molecule has 12 heteroatoms. The number of carbonyl (C=O) groups is 1. The van der Waals surface area contributed by atoms with Crippen molar-refractivity contribution in [2.45, 2.75) is 18.7 Å². The van der Waals surface area contributed by atoms with Crippen LogP contribution in [-0.4, -0.2) is 70.0 Å². The number of nitrogens with zero attached hydrogens (tertiary/aromatic N) is 4. The monoisotopic (exact) mass is 633 g/mol. The lowest BCUT2D eigenvalue weighted by Crippen LogP contribution is -2.48. The Morgan fingerprint density at radius 1 is 1.02 bits per heavy atom. The first-order valence-electron chi connectivity index (χ1n) is 13.3. The molecule has 0 aliphatic carbocycles. The van der Waals surface area contributed by atoms with E-state index in [9.17, 15) is 13.2 Å². The Balaban J connectivity index is 0.00000387. The third-order valence-electron chi connectivity index (χ3n) is 7.13. The molecule has 41 heavy (non-hydrogen) atoms. The lowest BCUT2D eigenvalue weighted by Gasteiger charge is -2.34. The van der Waals surface area contributed by atoms with Crippen LogP contribution in [0.15, 0.2) is 71.6 Å². The summed E-state index contributed by atoms with van der Waals surface area (Å²) in [5.41, 5.74) is 3.02. The van der Waals surface area contributed by atoms with Gasteiger partial charge in [0.05, 0.1) is 20.8 Å². The number of hydrogen-bond acceptors (Lipinski definition) is 7. The molecule has 3 aromatic carbocycles. The highest BCUT2D eigenvalue weighted by Gasteiger charge is 2.24. The van der Waals surface area contributed by atoms with Crippen molar-refractivity contribution in [2.75, 3.05) is 55.0 Å². The standard InChI is InChI=1S/C29H32ClN5O3S2.ClH/c1-3-35(23-7-5-4-6-8-23)40(37,38)24-11-9-22(10-12-24)28(36)31-15-16-33-17-19-34(20-18-33)29-32-27-21(2)25(30)13-14-26(27)39-29;/h4-14H,3,15-20H2,1-2H3,(H,31,36);1H. The maximum absolute atomic E-state index is 13.2. The number of aryl methyl sites for hydroxylation is 1. The minimum atomic E-state index is -3.73. The highest BCUT2D eigenvalue weighted by atomic mass is 35.5. The molecule has 1 fully saturated rings. The number of nitrogens with one attached hydrogen (secondary N) is 1. The van der Waals surface area contributed by atoms with E-state index in [4.69, 9.17) is 16.6 Å². The van der Waals surface area contributed by atoms with Crippen molar-refractivity contribution in [3.05, 3.63) is 82.9 Å². The fraction of sp³-hybridized carbons (Fsp3) is 0.310. The molecule has 218 valence electrons. The molecule has 0 saturated carbocycles. The van der Waals surface area contributed by atoms with Crippen LogP contribution in [0, 0.1) is 6.92 Å². The number of aromatic nitrogens is 1. The third-order valence-corrected chi connectivity index (χ3v) is 10.5. The van der Waals surface area contributed by atoms with Gasteiger partial charge in [0.15, 0.2) is 5.13 Å². The van der Waals surface area contributed by atoms with E-state index in [0.29, 0.717) is 24.3 Å². The summed E-state index contributed by atoms with van der Waals surface area (Å²) in [5.74, 6) is -0.221. The smallest absolute Gasteiger partial charge is 0.264 e. The zero-order valence-corrected chi connectivity index (χ0v) is 26.1. The topological polar surface area (TPSA) is 85.8 Å². The Bertz CT molecular complexity index is 1590. The molecule has 8 nitrogen and oxygen atoms in total. The predicted octanol–water partition coefficient (Wildman–Crippen LogP) is 5.45. The minimum Gasteiger partial charge on any atom is -0.351 e. The number of amides is 1. The van der Waals surface area contributed by atoms with Crippen LogP contribution in [0.2, 0.25) is 5.02 Å². The van der Waals surface area contributed by atoms with Gasteiger partial charge in [0, 0.05) is 56.4 Å². The van der Waals surface area contributed by atoms with E-state index < -0.39 is 10.0 Å². The number of anilines is 2. The molecule has 1 saturated heterocycles. The van der Waals surface area contributed by atoms with Crippen molar-refractivity contribution in [1.29, 1.82) is 0 Å². The van der Waals surface area contributed by atoms with Gasteiger partial charge in [-0.1, -0.05) is 41.1 Å². The molecule has 1 amide bonds. The molecule has 0 spiro atoms. The van der Waals surface area contributed by atoms with Crippen molar-refractivity contribution in [3.8, 4) is 0 Å². The van der Waals surface area contributed by atoms with E-state index in [0.717, 1.165) is 58.7 Å². The molecule has 1 aliphatic heterocycles. The molecular formula is C29H33Cl2N5O3S2. The van der Waals surface area contributed by atoms with Gasteiger partial charge < -0.3 is 10.2 Å². The van der Waals surface area contributed by atoms with Gasteiger partial charge in [0.2, 0.25) is 0 Å². The van der Waals surface area contributed by atoms with Crippen LogP contribution in [-0.2, 0) is 10.0 Å². The Morgan fingerprint density at radius 3 is 2.37 bits per heavy atom. The largest absolute Gasteiger partial charge is 0.351 e. The van der Waals surface area contributed by atoms with Crippen LogP contribution < -0.4 is 14.5 Å². The number of sulfonamides is 1. The summed E-state index contributed by atoms with van der Waals surface area (Å²) >= 11 is 7.95. The fourth-order valence-corrected chi connectivity index (χ4v) is 7.51. The molecule has 0 bridgehead atoms. The molecule has 2 heterocycles. The number of rotatable bonds is 9. The van der Waals surface area contributed by atoms with E-state index in [-0.39, 0.29) is 23.2 Å². The number of halogens is 2. The summed E-state index contributed by atoms with van der Waals surface area (Å²) in [6.45, 7) is 8.85. The van der Waals surface area contributed by atoms with Gasteiger partial charge in [-0.25, -0.2) is 13.4 Å². The summed E-state index contributed by atoms with van der Waals surface area (Å²) < 4.78 is 28.9. The molecule has 4 aromatic rings. The second kappa shape index (κ2) is 13.4. The van der Waals surface area contributed by atoms with Crippen LogP contribution in [0.3, 0.4) is 0 Å². The Hall–Kier alpha value is -2.89. The summed E-state index contributed by atoms with van der Waals surface area (Å²) in [7, 11) is -3.73. The average Bonchev–Trinajstić information content (AvgIpc) is 3.41. The van der Waals surface area contributed by atoms with E-state index in [1.165, 1.54) is 16.4 Å². The molecule has 1 aliphatic rings. The van der Waals surface area contributed by atoms with Crippen molar-refractivity contribution in [3.63, 3.8) is 0 Å². The van der Waals surface area contributed by atoms with Gasteiger partial charge in [-0.15, -0.1) is 12.4 Å². The van der Waals surface area contributed by atoms with Crippen molar-refractivity contribution >= 4 is 72.3 Å². The van der Waals surface area contributed by atoms with E-state index in [2.05, 4.69) is 15.1 Å². The zero-order valence-electron chi connectivity index (χ0n) is 22.9. The van der Waals surface area contributed by atoms with Gasteiger partial charge in [-0.2, -0.15) is 0 Å². The Kier molecular flexibility index (Phi) is 10.1. The molecule has 1 N–H and O–H groups in total. The molecule has 5 rings (SSSR count). The third kappa shape index (κ3) is 6.79. The molecule has 1 aromatic heterocycles. The summed E-state index contributed by atoms with van der Waals surface area (Å²) in [5, 5.41) is 4.72. The van der Waals surface area contributed by atoms with Gasteiger partial charge in [-0.05, 0) is 67.9 Å². The van der Waals surface area contributed by atoms with Crippen LogP contribution in [0.5, 0.6) is 0 Å². The van der Waals surface area contributed by atoms with E-state index >= 15 is 0 Å². The Labute approximate surface area is 256 Å². The number of piperazine rings is 1. The molecule has 0 radical (unpaired) electrons. The maximum Gasteiger partial charge on any atom is 0.264 e. The number of hydrogen-bond donors (Lipinski definition) is 1. The lowest BCUT2D eigenvalue weighted by molar-refractivity contribution is 0.0947. The van der Waals surface area contributed by atoms with Gasteiger partial charge >= 0.3 is 0 Å². The van der Waals surface area contributed by atoms with Crippen LogP contribution in [0.1, 0.15) is 22.8 Å². The molecule has 0 unspecified atom stereocenters. The van der Waals surface area contributed by atoms with Gasteiger partial charge in [0.25, 0.3) is 15.9 Å². The number of para-hydroxylation sites is 1. The average molecular weight is 635 g/mol. The highest BCUT2D eigenvalue weighted by Crippen LogP contribution is 2.33.